The highest BCUT2D eigenvalue weighted by Gasteiger charge is 2.14. The van der Waals surface area contributed by atoms with Crippen molar-refractivity contribution in [2.75, 3.05) is 0 Å². The van der Waals surface area contributed by atoms with Gasteiger partial charge in [0.25, 0.3) is 5.56 Å². The molecule has 0 aliphatic heterocycles. The molecule has 0 aliphatic carbocycles. The largest absolute Gasteiger partial charge is 0.313 e. The second-order valence-electron chi connectivity index (χ2n) is 5.03. The van der Waals surface area contributed by atoms with E-state index >= 15 is 0 Å². The predicted molar refractivity (Wildman–Crippen MR) is 73.9 cm³/mol. The lowest BCUT2D eigenvalue weighted by molar-refractivity contribution is 0.833. The summed E-state index contributed by atoms with van der Waals surface area (Å²) in [6.07, 6.45) is 1.47. The minimum absolute atomic E-state index is 0.0471. The minimum Gasteiger partial charge on any atom is -0.313 e. The van der Waals surface area contributed by atoms with Gasteiger partial charge in [0.1, 0.15) is 0 Å². The van der Waals surface area contributed by atoms with Crippen LogP contribution in [0.15, 0.2) is 29.3 Å². The van der Waals surface area contributed by atoms with E-state index in [1.54, 1.807) is 0 Å². The highest BCUT2D eigenvalue weighted by atomic mass is 16.1. The zero-order chi connectivity index (χ0) is 13.3. The average molecular weight is 242 g/mol. The van der Waals surface area contributed by atoms with E-state index in [0.29, 0.717) is 0 Å². The van der Waals surface area contributed by atoms with Crippen LogP contribution in [0.5, 0.6) is 0 Å². The van der Waals surface area contributed by atoms with Crippen molar-refractivity contribution in [3.05, 3.63) is 51.6 Å². The molecule has 0 radical (unpaired) electrons. The number of aryl methyl sites for hydroxylation is 2. The van der Waals surface area contributed by atoms with Crippen LogP contribution in [0.1, 0.15) is 36.5 Å². The molecule has 0 saturated carbocycles. The molecular weight excluding hydrogens is 224 g/mol. The van der Waals surface area contributed by atoms with Crippen LogP contribution in [0.4, 0.5) is 0 Å². The number of rotatable bonds is 2. The highest BCUT2D eigenvalue weighted by Crippen LogP contribution is 2.25. The molecule has 0 spiro atoms. The normalized spacial score (nSPS) is 10.9. The summed E-state index contributed by atoms with van der Waals surface area (Å²) in [4.78, 5) is 18.9. The Balaban J connectivity index is 2.71. The zero-order valence-corrected chi connectivity index (χ0v) is 11.2. The fraction of sp³-hybridized carbons (Fsp3) is 0.333. The Morgan fingerprint density at radius 3 is 2.28 bits per heavy atom. The van der Waals surface area contributed by atoms with E-state index in [-0.39, 0.29) is 11.5 Å². The number of nitrogens with one attached hydrogen (secondary N) is 1. The molecule has 2 rings (SSSR count). The first-order valence-electron chi connectivity index (χ1n) is 6.15. The summed E-state index contributed by atoms with van der Waals surface area (Å²) >= 11 is 0. The molecule has 0 atom stereocenters. The van der Waals surface area contributed by atoms with Gasteiger partial charge in [-0.3, -0.25) is 4.79 Å². The number of hydrogen-bond acceptors (Lipinski definition) is 2. The lowest BCUT2D eigenvalue weighted by Crippen LogP contribution is -2.16. The number of aromatic amines is 1. The van der Waals surface area contributed by atoms with Gasteiger partial charge < -0.3 is 4.98 Å². The molecule has 18 heavy (non-hydrogen) atoms. The van der Waals surface area contributed by atoms with Crippen LogP contribution in [-0.4, -0.2) is 9.97 Å². The molecule has 1 heterocycles. The number of hydrogen-bond donors (Lipinski definition) is 1. The van der Waals surface area contributed by atoms with Gasteiger partial charge in [0.15, 0.2) is 0 Å². The van der Waals surface area contributed by atoms with Crippen LogP contribution in [0.25, 0.3) is 11.3 Å². The van der Waals surface area contributed by atoms with Crippen LogP contribution in [-0.2, 0) is 0 Å². The monoisotopic (exact) mass is 242 g/mol. The molecule has 0 aliphatic rings. The van der Waals surface area contributed by atoms with Crippen LogP contribution >= 0.6 is 0 Å². The Hall–Kier alpha value is -1.90. The molecule has 0 bridgehead atoms. The third-order valence-corrected chi connectivity index (χ3v) is 2.96. The number of nitrogens with zero attached hydrogens (tertiary/aromatic N) is 1. The van der Waals surface area contributed by atoms with Crippen molar-refractivity contribution in [1.29, 1.82) is 0 Å². The van der Waals surface area contributed by atoms with Crippen molar-refractivity contribution in [2.24, 2.45) is 0 Å². The molecule has 1 aromatic heterocycles. The van der Waals surface area contributed by atoms with Crippen molar-refractivity contribution in [3.63, 3.8) is 0 Å². The van der Waals surface area contributed by atoms with Gasteiger partial charge in [-0.2, -0.15) is 0 Å². The van der Waals surface area contributed by atoms with E-state index in [2.05, 4.69) is 42.0 Å². The lowest BCUT2D eigenvalue weighted by atomic mass is 9.96. The molecule has 94 valence electrons. The van der Waals surface area contributed by atoms with E-state index < -0.39 is 0 Å². The summed E-state index contributed by atoms with van der Waals surface area (Å²) in [5, 5.41) is 0. The predicted octanol–water partition coefficient (Wildman–Crippen LogP) is 3.18. The maximum Gasteiger partial charge on any atom is 0.254 e. The Morgan fingerprint density at radius 2 is 1.72 bits per heavy atom. The van der Waals surface area contributed by atoms with Gasteiger partial charge in [-0.15, -0.1) is 0 Å². The molecule has 3 heteroatoms. The maximum atomic E-state index is 11.9. The molecule has 0 fully saturated rings. The Morgan fingerprint density at radius 1 is 1.11 bits per heavy atom. The second-order valence-corrected chi connectivity index (χ2v) is 5.03. The van der Waals surface area contributed by atoms with Gasteiger partial charge in [0.2, 0.25) is 0 Å². The molecule has 3 nitrogen and oxygen atoms in total. The number of benzene rings is 1. The van der Waals surface area contributed by atoms with E-state index in [9.17, 15) is 4.79 Å². The van der Waals surface area contributed by atoms with E-state index in [4.69, 9.17) is 0 Å². The van der Waals surface area contributed by atoms with Crippen molar-refractivity contribution in [2.45, 2.75) is 33.6 Å². The standard InChI is InChI=1S/C15H18N2O/c1-9(2)13-14(16-8-17-15(13)18)12-6-10(3)5-11(4)7-12/h5-9H,1-4H3,(H,16,17,18). The summed E-state index contributed by atoms with van der Waals surface area (Å²) in [6, 6.07) is 6.26. The second kappa shape index (κ2) is 4.77. The first-order chi connectivity index (χ1) is 8.49. The van der Waals surface area contributed by atoms with Crippen LogP contribution in [0.2, 0.25) is 0 Å². The molecule has 0 unspecified atom stereocenters. The molecule has 2 aromatic rings. The summed E-state index contributed by atoms with van der Waals surface area (Å²) in [5.41, 5.74) is 4.88. The fourth-order valence-corrected chi connectivity index (χ4v) is 2.29. The molecule has 1 aromatic carbocycles. The van der Waals surface area contributed by atoms with Gasteiger partial charge in [-0.05, 0) is 31.9 Å². The van der Waals surface area contributed by atoms with Crippen molar-refractivity contribution in [3.8, 4) is 11.3 Å². The third-order valence-electron chi connectivity index (χ3n) is 2.96. The van der Waals surface area contributed by atoms with Crippen molar-refractivity contribution >= 4 is 0 Å². The first-order valence-corrected chi connectivity index (χ1v) is 6.15. The maximum absolute atomic E-state index is 11.9. The Labute approximate surface area is 107 Å². The minimum atomic E-state index is -0.0471. The molecule has 0 amide bonds. The van der Waals surface area contributed by atoms with Crippen LogP contribution in [0.3, 0.4) is 0 Å². The SMILES string of the molecule is Cc1cc(C)cc(-c2nc[nH]c(=O)c2C(C)C)c1. The summed E-state index contributed by atoms with van der Waals surface area (Å²) in [7, 11) is 0. The fourth-order valence-electron chi connectivity index (χ4n) is 2.29. The Kier molecular flexibility index (Phi) is 3.32. The van der Waals surface area contributed by atoms with E-state index in [1.807, 2.05) is 13.8 Å². The van der Waals surface area contributed by atoms with Gasteiger partial charge >= 0.3 is 0 Å². The smallest absolute Gasteiger partial charge is 0.254 e. The van der Waals surface area contributed by atoms with Gasteiger partial charge in [-0.1, -0.05) is 31.0 Å². The average Bonchev–Trinajstić information content (AvgIpc) is 2.26. The zero-order valence-electron chi connectivity index (χ0n) is 11.2. The summed E-state index contributed by atoms with van der Waals surface area (Å²) in [5.74, 6) is 0.151. The molecule has 0 saturated heterocycles. The third kappa shape index (κ3) is 2.35. The van der Waals surface area contributed by atoms with E-state index in [0.717, 1.165) is 16.8 Å². The topological polar surface area (TPSA) is 45.8 Å². The number of aromatic nitrogens is 2. The summed E-state index contributed by atoms with van der Waals surface area (Å²) < 4.78 is 0. The molecular formula is C15H18N2O. The Bertz CT molecular complexity index is 606. The number of H-pyrrole nitrogens is 1. The first kappa shape index (κ1) is 12.6. The summed E-state index contributed by atoms with van der Waals surface area (Å²) in [6.45, 7) is 8.13. The van der Waals surface area contributed by atoms with Crippen LogP contribution < -0.4 is 5.56 Å². The molecule has 1 N–H and O–H groups in total. The van der Waals surface area contributed by atoms with Gasteiger partial charge in [0, 0.05) is 11.1 Å². The van der Waals surface area contributed by atoms with Gasteiger partial charge in [-0.25, -0.2) is 4.98 Å². The van der Waals surface area contributed by atoms with Crippen molar-refractivity contribution < 1.29 is 0 Å². The highest BCUT2D eigenvalue weighted by molar-refractivity contribution is 5.64. The van der Waals surface area contributed by atoms with E-state index in [1.165, 1.54) is 17.5 Å². The quantitative estimate of drug-likeness (QED) is 0.879. The van der Waals surface area contributed by atoms with Crippen molar-refractivity contribution in [1.82, 2.24) is 9.97 Å². The van der Waals surface area contributed by atoms with Gasteiger partial charge in [0.05, 0.1) is 12.0 Å². The van der Waals surface area contributed by atoms with Crippen LogP contribution in [0, 0.1) is 13.8 Å². The lowest BCUT2D eigenvalue weighted by Gasteiger charge is -2.11.